The van der Waals surface area contributed by atoms with Gasteiger partial charge in [0.1, 0.15) is 11.6 Å². The number of carbonyl (C=O) groups excluding carboxylic acids is 1. The number of anilines is 2. The number of amides is 1. The Morgan fingerprint density at radius 1 is 1.12 bits per heavy atom. The SMILES string of the molecule is CN(C)c1cc(NC(=O)Cc2ccc(O)cc2)c2ccccc2n1. The third-order valence-corrected chi connectivity index (χ3v) is 3.74. The Hall–Kier alpha value is -3.08. The van der Waals surface area contributed by atoms with Crippen LogP contribution in [-0.4, -0.2) is 30.1 Å². The van der Waals surface area contributed by atoms with Crippen LogP contribution in [0.2, 0.25) is 0 Å². The Morgan fingerprint density at radius 3 is 2.54 bits per heavy atom. The van der Waals surface area contributed by atoms with Gasteiger partial charge in [-0.25, -0.2) is 4.98 Å². The Balaban J connectivity index is 1.88. The van der Waals surface area contributed by atoms with Crippen molar-refractivity contribution in [1.82, 2.24) is 4.98 Å². The number of fused-ring (bicyclic) bond motifs is 1. The maximum atomic E-state index is 12.4. The predicted molar refractivity (Wildman–Crippen MR) is 96.5 cm³/mol. The molecule has 0 spiro atoms. The highest BCUT2D eigenvalue weighted by Gasteiger charge is 2.10. The van der Waals surface area contributed by atoms with Crippen molar-refractivity contribution >= 4 is 28.3 Å². The highest BCUT2D eigenvalue weighted by atomic mass is 16.3. The number of phenols is 1. The number of aromatic nitrogens is 1. The molecular weight excluding hydrogens is 302 g/mol. The molecule has 0 unspecified atom stereocenters. The number of aromatic hydroxyl groups is 1. The van der Waals surface area contributed by atoms with Gasteiger partial charge in [-0.3, -0.25) is 4.79 Å². The summed E-state index contributed by atoms with van der Waals surface area (Å²) >= 11 is 0. The van der Waals surface area contributed by atoms with Crippen molar-refractivity contribution < 1.29 is 9.90 Å². The molecule has 0 aliphatic carbocycles. The molecule has 0 atom stereocenters. The molecule has 0 saturated carbocycles. The first kappa shape index (κ1) is 15.8. The van der Waals surface area contributed by atoms with E-state index in [9.17, 15) is 9.90 Å². The number of benzene rings is 2. The second-order valence-electron chi connectivity index (χ2n) is 5.83. The van der Waals surface area contributed by atoms with Crippen molar-refractivity contribution in [1.29, 1.82) is 0 Å². The zero-order chi connectivity index (χ0) is 17.1. The van der Waals surface area contributed by atoms with E-state index in [-0.39, 0.29) is 18.1 Å². The monoisotopic (exact) mass is 321 g/mol. The largest absolute Gasteiger partial charge is 0.508 e. The van der Waals surface area contributed by atoms with Crippen LogP contribution in [0.1, 0.15) is 5.56 Å². The molecule has 0 radical (unpaired) electrons. The summed E-state index contributed by atoms with van der Waals surface area (Å²) in [6, 6.07) is 16.2. The average molecular weight is 321 g/mol. The Labute approximate surface area is 140 Å². The number of pyridine rings is 1. The molecule has 1 heterocycles. The molecule has 3 aromatic rings. The van der Waals surface area contributed by atoms with Crippen LogP contribution in [-0.2, 0) is 11.2 Å². The summed E-state index contributed by atoms with van der Waals surface area (Å²) in [5.41, 5.74) is 2.42. The van der Waals surface area contributed by atoms with Gasteiger partial charge in [0.2, 0.25) is 5.91 Å². The third kappa shape index (κ3) is 3.46. The van der Waals surface area contributed by atoms with Crippen molar-refractivity contribution in [2.75, 3.05) is 24.3 Å². The van der Waals surface area contributed by atoms with Gasteiger partial charge >= 0.3 is 0 Å². The fourth-order valence-corrected chi connectivity index (χ4v) is 2.49. The number of hydrogen-bond acceptors (Lipinski definition) is 4. The Bertz CT molecular complexity index is 873. The van der Waals surface area contributed by atoms with Crippen molar-refractivity contribution in [2.24, 2.45) is 0 Å². The van der Waals surface area contributed by atoms with E-state index >= 15 is 0 Å². The van der Waals surface area contributed by atoms with Crippen LogP contribution in [0.25, 0.3) is 10.9 Å². The lowest BCUT2D eigenvalue weighted by molar-refractivity contribution is -0.115. The first-order valence-electron chi connectivity index (χ1n) is 7.68. The van der Waals surface area contributed by atoms with Gasteiger partial charge in [-0.15, -0.1) is 0 Å². The van der Waals surface area contributed by atoms with E-state index in [0.717, 1.165) is 28.0 Å². The minimum Gasteiger partial charge on any atom is -0.508 e. The topological polar surface area (TPSA) is 65.5 Å². The van der Waals surface area contributed by atoms with Crippen LogP contribution in [0, 0.1) is 0 Å². The molecule has 122 valence electrons. The molecule has 2 N–H and O–H groups in total. The highest BCUT2D eigenvalue weighted by molar-refractivity contribution is 6.02. The number of hydrogen-bond donors (Lipinski definition) is 2. The van der Waals surface area contributed by atoms with E-state index in [1.165, 1.54) is 0 Å². The molecule has 3 rings (SSSR count). The molecule has 5 heteroatoms. The predicted octanol–water partition coefficient (Wildman–Crippen LogP) is 3.19. The van der Waals surface area contributed by atoms with Crippen LogP contribution >= 0.6 is 0 Å². The number of nitrogens with one attached hydrogen (secondary N) is 1. The van der Waals surface area contributed by atoms with Gasteiger partial charge in [0.15, 0.2) is 0 Å². The van der Waals surface area contributed by atoms with Crippen LogP contribution in [0.15, 0.2) is 54.6 Å². The molecule has 0 aliphatic rings. The molecule has 5 nitrogen and oxygen atoms in total. The summed E-state index contributed by atoms with van der Waals surface area (Å²) in [6.45, 7) is 0. The first-order chi connectivity index (χ1) is 11.5. The lowest BCUT2D eigenvalue weighted by atomic mass is 10.1. The number of nitrogens with zero attached hydrogens (tertiary/aromatic N) is 2. The summed E-state index contributed by atoms with van der Waals surface area (Å²) in [7, 11) is 3.83. The number of phenolic OH excluding ortho intramolecular Hbond substituents is 1. The molecular formula is C19H19N3O2. The fraction of sp³-hybridized carbons (Fsp3) is 0.158. The number of rotatable bonds is 4. The van der Waals surface area contributed by atoms with Crippen LogP contribution in [0.5, 0.6) is 5.75 Å². The fourth-order valence-electron chi connectivity index (χ4n) is 2.49. The molecule has 0 fully saturated rings. The van der Waals surface area contributed by atoms with E-state index in [0.29, 0.717) is 0 Å². The summed E-state index contributed by atoms with van der Waals surface area (Å²) in [6.07, 6.45) is 0.244. The van der Waals surface area contributed by atoms with Crippen LogP contribution < -0.4 is 10.2 Å². The van der Waals surface area contributed by atoms with Gasteiger partial charge in [0.05, 0.1) is 17.6 Å². The van der Waals surface area contributed by atoms with Crippen molar-refractivity contribution in [2.45, 2.75) is 6.42 Å². The van der Waals surface area contributed by atoms with Crippen molar-refractivity contribution in [3.8, 4) is 5.75 Å². The third-order valence-electron chi connectivity index (χ3n) is 3.74. The van der Waals surface area contributed by atoms with E-state index < -0.39 is 0 Å². The van der Waals surface area contributed by atoms with Crippen LogP contribution in [0.4, 0.5) is 11.5 Å². The zero-order valence-electron chi connectivity index (χ0n) is 13.7. The maximum Gasteiger partial charge on any atom is 0.228 e. The normalized spacial score (nSPS) is 10.6. The quantitative estimate of drug-likeness (QED) is 0.774. The number of para-hydroxylation sites is 1. The lowest BCUT2D eigenvalue weighted by Crippen LogP contribution is -2.16. The minimum absolute atomic E-state index is 0.109. The average Bonchev–Trinajstić information content (AvgIpc) is 2.56. The molecule has 0 aliphatic heterocycles. The Morgan fingerprint density at radius 2 is 1.83 bits per heavy atom. The van der Waals surface area contributed by atoms with E-state index in [1.807, 2.05) is 49.3 Å². The van der Waals surface area contributed by atoms with E-state index in [1.54, 1.807) is 24.3 Å². The van der Waals surface area contributed by atoms with Crippen molar-refractivity contribution in [3.05, 3.63) is 60.2 Å². The molecule has 1 amide bonds. The molecule has 0 bridgehead atoms. The molecule has 24 heavy (non-hydrogen) atoms. The van der Waals surface area contributed by atoms with Crippen molar-refractivity contribution in [3.63, 3.8) is 0 Å². The van der Waals surface area contributed by atoms with Gasteiger partial charge in [-0.2, -0.15) is 0 Å². The second-order valence-corrected chi connectivity index (χ2v) is 5.83. The summed E-state index contributed by atoms with van der Waals surface area (Å²) in [5, 5.41) is 13.2. The van der Waals surface area contributed by atoms with E-state index in [2.05, 4.69) is 10.3 Å². The molecule has 1 aromatic heterocycles. The second kappa shape index (κ2) is 6.58. The van der Waals surface area contributed by atoms with Gasteiger partial charge in [0, 0.05) is 25.5 Å². The standard InChI is InChI=1S/C19H19N3O2/c1-22(2)18-12-17(15-5-3-4-6-16(15)20-18)21-19(24)11-13-7-9-14(23)10-8-13/h3-10,12,23H,11H2,1-2H3,(H,20,21,24). The highest BCUT2D eigenvalue weighted by Crippen LogP contribution is 2.26. The maximum absolute atomic E-state index is 12.4. The molecule has 0 saturated heterocycles. The summed E-state index contributed by atoms with van der Waals surface area (Å²) in [4.78, 5) is 18.9. The minimum atomic E-state index is -0.109. The first-order valence-corrected chi connectivity index (χ1v) is 7.68. The van der Waals surface area contributed by atoms with Gasteiger partial charge < -0.3 is 15.3 Å². The molecule has 2 aromatic carbocycles. The smallest absolute Gasteiger partial charge is 0.228 e. The van der Waals surface area contributed by atoms with E-state index in [4.69, 9.17) is 0 Å². The zero-order valence-corrected chi connectivity index (χ0v) is 13.7. The summed E-state index contributed by atoms with van der Waals surface area (Å²) in [5.74, 6) is 0.866. The van der Waals surface area contributed by atoms with Crippen LogP contribution in [0.3, 0.4) is 0 Å². The Kier molecular flexibility index (Phi) is 4.33. The number of carbonyl (C=O) groups is 1. The lowest BCUT2D eigenvalue weighted by Gasteiger charge is -2.15. The van der Waals surface area contributed by atoms with Gasteiger partial charge in [-0.1, -0.05) is 30.3 Å². The van der Waals surface area contributed by atoms with Gasteiger partial charge in [0.25, 0.3) is 0 Å². The van der Waals surface area contributed by atoms with Gasteiger partial charge in [-0.05, 0) is 23.8 Å². The summed E-state index contributed by atoms with van der Waals surface area (Å²) < 4.78 is 0.